The van der Waals surface area contributed by atoms with Gasteiger partial charge < -0.3 is 19.9 Å². The number of hydrogen-bond donors (Lipinski definition) is 2. The van der Waals surface area contributed by atoms with Crippen molar-refractivity contribution < 1.29 is 24.2 Å². The van der Waals surface area contributed by atoms with Crippen molar-refractivity contribution in [3.05, 3.63) is 28.8 Å². The van der Waals surface area contributed by atoms with Gasteiger partial charge in [-0.05, 0) is 31.0 Å². The number of amides is 1. The molecule has 0 aliphatic carbocycles. The Kier molecular flexibility index (Phi) is 5.41. The van der Waals surface area contributed by atoms with Gasteiger partial charge in [-0.15, -0.1) is 0 Å². The highest BCUT2D eigenvalue weighted by molar-refractivity contribution is 6.33. The molecule has 0 aromatic heterocycles. The molecule has 0 bridgehead atoms. The highest BCUT2D eigenvalue weighted by Crippen LogP contribution is 2.22. The molecule has 1 heterocycles. The van der Waals surface area contributed by atoms with Gasteiger partial charge in [0.2, 0.25) is 0 Å². The highest BCUT2D eigenvalue weighted by atomic mass is 35.5. The Labute approximate surface area is 127 Å². The van der Waals surface area contributed by atoms with Crippen LogP contribution in [-0.4, -0.2) is 42.8 Å². The predicted molar refractivity (Wildman–Crippen MR) is 75.9 cm³/mol. The van der Waals surface area contributed by atoms with Gasteiger partial charge in [-0.2, -0.15) is 0 Å². The molecule has 1 saturated heterocycles. The molecular weight excluding hydrogens is 298 g/mol. The fourth-order valence-electron chi connectivity index (χ4n) is 1.99. The van der Waals surface area contributed by atoms with Crippen LogP contribution in [0.2, 0.25) is 5.02 Å². The van der Waals surface area contributed by atoms with E-state index in [-0.39, 0.29) is 35.0 Å². The third kappa shape index (κ3) is 4.61. The minimum atomic E-state index is -1.15. The minimum Gasteiger partial charge on any atom is -0.484 e. The van der Waals surface area contributed by atoms with E-state index in [4.69, 9.17) is 26.2 Å². The molecule has 1 aromatic rings. The van der Waals surface area contributed by atoms with Crippen molar-refractivity contribution in [3.63, 3.8) is 0 Å². The Morgan fingerprint density at radius 2 is 2.29 bits per heavy atom. The lowest BCUT2D eigenvalue weighted by Crippen LogP contribution is -2.35. The lowest BCUT2D eigenvalue weighted by Gasteiger charge is -2.11. The normalized spacial score (nSPS) is 17.5. The van der Waals surface area contributed by atoms with Gasteiger partial charge in [-0.25, -0.2) is 4.79 Å². The van der Waals surface area contributed by atoms with E-state index in [0.29, 0.717) is 6.54 Å². The van der Waals surface area contributed by atoms with E-state index in [1.54, 1.807) is 0 Å². The maximum atomic E-state index is 11.6. The number of rotatable bonds is 6. The lowest BCUT2D eigenvalue weighted by atomic mass is 10.2. The lowest BCUT2D eigenvalue weighted by molar-refractivity contribution is -0.123. The maximum absolute atomic E-state index is 11.6. The fraction of sp³-hybridized carbons (Fsp3) is 0.429. The van der Waals surface area contributed by atoms with E-state index in [2.05, 4.69) is 5.32 Å². The first-order chi connectivity index (χ1) is 10.1. The number of carboxylic acid groups (broad SMARTS) is 1. The number of nitrogens with one attached hydrogen (secondary N) is 1. The molecule has 1 atom stereocenters. The molecule has 1 amide bonds. The van der Waals surface area contributed by atoms with E-state index in [1.807, 2.05) is 0 Å². The molecular formula is C14H16ClNO5. The van der Waals surface area contributed by atoms with Crippen LogP contribution in [0.5, 0.6) is 5.75 Å². The molecule has 7 heteroatoms. The second-order valence-electron chi connectivity index (χ2n) is 4.67. The van der Waals surface area contributed by atoms with Crippen molar-refractivity contribution in [2.75, 3.05) is 19.8 Å². The fourth-order valence-corrected chi connectivity index (χ4v) is 2.19. The van der Waals surface area contributed by atoms with E-state index in [0.717, 1.165) is 19.4 Å². The molecule has 0 spiro atoms. The zero-order valence-electron chi connectivity index (χ0n) is 11.3. The van der Waals surface area contributed by atoms with Gasteiger partial charge in [0, 0.05) is 13.2 Å². The van der Waals surface area contributed by atoms with E-state index in [9.17, 15) is 9.59 Å². The van der Waals surface area contributed by atoms with Crippen molar-refractivity contribution in [1.82, 2.24) is 5.32 Å². The number of carbonyl (C=O) groups excluding carboxylic acids is 1. The zero-order chi connectivity index (χ0) is 15.2. The Balaban J connectivity index is 1.80. The first kappa shape index (κ1) is 15.6. The third-order valence-corrected chi connectivity index (χ3v) is 3.42. The molecule has 1 aliphatic heterocycles. The van der Waals surface area contributed by atoms with Gasteiger partial charge in [0.25, 0.3) is 5.91 Å². The summed E-state index contributed by atoms with van der Waals surface area (Å²) in [7, 11) is 0. The molecule has 0 radical (unpaired) electrons. The van der Waals surface area contributed by atoms with Gasteiger partial charge >= 0.3 is 5.97 Å². The predicted octanol–water partition coefficient (Wildman–Crippen LogP) is 1.71. The maximum Gasteiger partial charge on any atom is 0.337 e. The van der Waals surface area contributed by atoms with Gasteiger partial charge in [0.1, 0.15) is 5.75 Å². The molecule has 6 nitrogen and oxygen atoms in total. The topological polar surface area (TPSA) is 84.9 Å². The summed E-state index contributed by atoms with van der Waals surface area (Å²) in [4.78, 5) is 22.6. The second kappa shape index (κ2) is 7.28. The quantitative estimate of drug-likeness (QED) is 0.835. The van der Waals surface area contributed by atoms with Crippen LogP contribution >= 0.6 is 11.6 Å². The van der Waals surface area contributed by atoms with Gasteiger partial charge in [0.05, 0.1) is 16.7 Å². The summed E-state index contributed by atoms with van der Waals surface area (Å²) < 4.78 is 10.6. The number of carbonyl (C=O) groups is 2. The second-order valence-corrected chi connectivity index (χ2v) is 5.08. The van der Waals surface area contributed by atoms with Crippen LogP contribution in [0.15, 0.2) is 18.2 Å². The summed E-state index contributed by atoms with van der Waals surface area (Å²) in [6.07, 6.45) is 2.03. The Morgan fingerprint density at radius 1 is 1.48 bits per heavy atom. The largest absolute Gasteiger partial charge is 0.484 e. The highest BCUT2D eigenvalue weighted by Gasteiger charge is 2.16. The minimum absolute atomic E-state index is 0.0612. The summed E-state index contributed by atoms with van der Waals surface area (Å²) in [6, 6.07) is 4.23. The number of ether oxygens (including phenoxy) is 2. The number of hydrogen-bond acceptors (Lipinski definition) is 4. The molecule has 1 unspecified atom stereocenters. The Morgan fingerprint density at radius 3 is 2.95 bits per heavy atom. The van der Waals surface area contributed by atoms with Crippen LogP contribution in [0.25, 0.3) is 0 Å². The zero-order valence-corrected chi connectivity index (χ0v) is 12.1. The number of carboxylic acids is 1. The van der Waals surface area contributed by atoms with Crippen LogP contribution in [0, 0.1) is 0 Å². The van der Waals surface area contributed by atoms with Crippen LogP contribution < -0.4 is 10.1 Å². The van der Waals surface area contributed by atoms with Crippen LogP contribution in [-0.2, 0) is 9.53 Å². The monoisotopic (exact) mass is 313 g/mol. The van der Waals surface area contributed by atoms with Gasteiger partial charge in [-0.1, -0.05) is 11.6 Å². The van der Waals surface area contributed by atoms with E-state index >= 15 is 0 Å². The average Bonchev–Trinajstić information content (AvgIpc) is 2.97. The van der Waals surface area contributed by atoms with E-state index < -0.39 is 5.97 Å². The standard InChI is InChI=1S/C14H16ClNO5/c15-12-4-3-9(6-11(12)14(18)19)21-8-13(17)16-7-10-2-1-5-20-10/h3-4,6,10H,1-2,5,7-8H2,(H,16,17)(H,18,19). The van der Waals surface area contributed by atoms with Crippen molar-refractivity contribution in [2.45, 2.75) is 18.9 Å². The average molecular weight is 314 g/mol. The smallest absolute Gasteiger partial charge is 0.337 e. The molecule has 2 N–H and O–H groups in total. The summed E-state index contributed by atoms with van der Waals surface area (Å²) in [5.41, 5.74) is -0.0612. The Bertz CT molecular complexity index is 528. The van der Waals surface area contributed by atoms with E-state index in [1.165, 1.54) is 18.2 Å². The third-order valence-electron chi connectivity index (χ3n) is 3.09. The SMILES string of the molecule is O=C(COc1ccc(Cl)c(C(=O)O)c1)NCC1CCCO1. The first-order valence-corrected chi connectivity index (χ1v) is 6.98. The van der Waals surface area contributed by atoms with Crippen LogP contribution in [0.1, 0.15) is 23.2 Å². The number of aromatic carboxylic acids is 1. The van der Waals surface area contributed by atoms with Crippen molar-refractivity contribution in [2.24, 2.45) is 0 Å². The number of halogens is 1. The van der Waals surface area contributed by atoms with Crippen molar-refractivity contribution in [3.8, 4) is 5.75 Å². The molecule has 114 valence electrons. The van der Waals surface area contributed by atoms with Crippen LogP contribution in [0.4, 0.5) is 0 Å². The summed E-state index contributed by atoms with van der Waals surface area (Å²) in [5, 5.41) is 11.8. The van der Waals surface area contributed by atoms with Crippen molar-refractivity contribution in [1.29, 1.82) is 0 Å². The summed E-state index contributed by atoms with van der Waals surface area (Å²) in [6.45, 7) is 1.01. The summed E-state index contributed by atoms with van der Waals surface area (Å²) in [5.74, 6) is -1.14. The Hall–Kier alpha value is -1.79. The van der Waals surface area contributed by atoms with Crippen LogP contribution in [0.3, 0.4) is 0 Å². The van der Waals surface area contributed by atoms with Gasteiger partial charge in [0.15, 0.2) is 6.61 Å². The molecule has 2 rings (SSSR count). The number of benzene rings is 1. The molecule has 0 saturated carbocycles. The van der Waals surface area contributed by atoms with Crippen molar-refractivity contribution >= 4 is 23.5 Å². The first-order valence-electron chi connectivity index (χ1n) is 6.60. The van der Waals surface area contributed by atoms with Gasteiger partial charge in [-0.3, -0.25) is 4.79 Å². The molecule has 1 aromatic carbocycles. The molecule has 1 aliphatic rings. The molecule has 21 heavy (non-hydrogen) atoms. The molecule has 1 fully saturated rings. The summed E-state index contributed by atoms with van der Waals surface area (Å²) >= 11 is 5.75.